The topological polar surface area (TPSA) is 125 Å². The third-order valence-electron chi connectivity index (χ3n) is 18.0. The normalized spacial score (nSPS) is 14.1. The predicted octanol–water partition coefficient (Wildman–Crippen LogP) is 22.4. The number of aliphatic carboxylic acids is 2. The molecule has 0 saturated carbocycles. The highest BCUT2D eigenvalue weighted by molar-refractivity contribution is 7.37. The van der Waals surface area contributed by atoms with Crippen molar-refractivity contribution in [1.82, 2.24) is 0 Å². The van der Waals surface area contributed by atoms with Crippen molar-refractivity contribution < 1.29 is 19.8 Å². The third kappa shape index (κ3) is 11.3. The number of fused-ring (bicyclic) bond motifs is 8. The summed E-state index contributed by atoms with van der Waals surface area (Å²) in [7, 11) is -3.91. The number of nitrogens with zero attached hydrogens (tertiary/aromatic N) is 3. The molecule has 0 amide bonds. The Balaban J connectivity index is 0.673. The first-order chi connectivity index (χ1) is 44.9. The minimum atomic E-state index is -1.96. The van der Waals surface area contributed by atoms with E-state index in [2.05, 4.69) is 178 Å². The molecule has 460 valence electrons. The van der Waals surface area contributed by atoms with Crippen LogP contribution in [0, 0.1) is 28.6 Å². The van der Waals surface area contributed by atoms with Gasteiger partial charge in [0.05, 0.1) is 0 Å². The Morgan fingerprint density at radius 1 is 0.452 bits per heavy atom. The molecular formula is C74H57N3O4S10Si2. The maximum absolute atomic E-state index is 11.5. The fraction of sp³-hybridized carbons (Fsp3) is 0.162. The number of rotatable bonds is 19. The van der Waals surface area contributed by atoms with E-state index in [9.17, 15) is 30.3 Å². The molecule has 19 heteroatoms. The zero-order valence-electron chi connectivity index (χ0n) is 51.3. The SMILES string of the molecule is CCCCC(CC)Cc1ccc(N(c2ccc(-c3ccc(-c4cc5c(s4)-c4sc(-c6cc7sc(/C=C(\C#N)C(=O)O)cc7s6)cc4[Si]5(C)C)s3)cc2)c2ccc(-c3ccc(-c4cc5c(s4)-c4sc(-c6cc7sc(/C=C(\C#N)C(=O)O)cc7s6)cc4[Si]5(C)C)s3)cc2)cc1. The molecule has 2 aliphatic heterocycles. The van der Waals surface area contributed by atoms with E-state index >= 15 is 0 Å². The summed E-state index contributed by atoms with van der Waals surface area (Å²) in [6.45, 7) is 14.6. The Morgan fingerprint density at radius 2 is 0.806 bits per heavy atom. The summed E-state index contributed by atoms with van der Waals surface area (Å²) in [6, 6.07) is 58.6. The average molecular weight is 1430 g/mol. The molecule has 2 aliphatic rings. The van der Waals surface area contributed by atoms with Crippen LogP contribution in [0.15, 0.2) is 157 Å². The lowest BCUT2D eigenvalue weighted by Crippen LogP contribution is -2.48. The van der Waals surface area contributed by atoms with Gasteiger partial charge >= 0.3 is 11.9 Å². The first kappa shape index (κ1) is 62.0. The monoisotopic (exact) mass is 1430 g/mol. The molecule has 1 unspecified atom stereocenters. The van der Waals surface area contributed by atoms with E-state index in [0.717, 1.165) is 52.0 Å². The molecule has 0 spiro atoms. The Labute approximate surface area is 581 Å². The molecule has 0 bridgehead atoms. The Bertz CT molecular complexity index is 4920. The van der Waals surface area contributed by atoms with Crippen LogP contribution in [0.2, 0.25) is 26.2 Å². The van der Waals surface area contributed by atoms with Crippen LogP contribution >= 0.6 is 113 Å². The zero-order valence-corrected chi connectivity index (χ0v) is 61.4. The number of thiophene rings is 10. The summed E-state index contributed by atoms with van der Waals surface area (Å²) >= 11 is 17.9. The molecular weight excluding hydrogens is 1370 g/mol. The summed E-state index contributed by atoms with van der Waals surface area (Å²) in [5.41, 5.74) is 6.63. The molecule has 10 aromatic heterocycles. The summed E-state index contributed by atoms with van der Waals surface area (Å²) < 4.78 is 4.42. The molecule has 0 saturated heterocycles. The van der Waals surface area contributed by atoms with E-state index in [0.29, 0.717) is 5.92 Å². The van der Waals surface area contributed by atoms with Crippen molar-refractivity contribution in [1.29, 1.82) is 10.5 Å². The molecule has 2 N–H and O–H groups in total. The molecule has 3 aromatic carbocycles. The summed E-state index contributed by atoms with van der Waals surface area (Å²) in [5, 5.41) is 43.4. The lowest BCUT2D eigenvalue weighted by molar-refractivity contribution is -0.133. The molecule has 15 rings (SSSR count). The second-order valence-electron chi connectivity index (χ2n) is 24.6. The van der Waals surface area contributed by atoms with Crippen LogP contribution in [0.3, 0.4) is 0 Å². The van der Waals surface area contributed by atoms with E-state index in [4.69, 9.17) is 0 Å². The number of nitriles is 2. The van der Waals surface area contributed by atoms with Crippen molar-refractivity contribution in [3.63, 3.8) is 0 Å². The van der Waals surface area contributed by atoms with E-state index in [-0.39, 0.29) is 11.1 Å². The van der Waals surface area contributed by atoms with Crippen molar-refractivity contribution in [2.75, 3.05) is 4.90 Å². The molecule has 0 fully saturated rings. The van der Waals surface area contributed by atoms with Gasteiger partial charge in [-0.1, -0.05) is 102 Å². The smallest absolute Gasteiger partial charge is 0.346 e. The highest BCUT2D eigenvalue weighted by Gasteiger charge is 2.43. The van der Waals surface area contributed by atoms with Gasteiger partial charge in [-0.05, 0) is 171 Å². The third-order valence-corrected chi connectivity index (χ3v) is 38.1. The van der Waals surface area contributed by atoms with Crippen LogP contribution in [0.25, 0.3) is 110 Å². The number of unbranched alkanes of at least 4 members (excludes halogenated alkanes) is 1. The van der Waals surface area contributed by atoms with Gasteiger partial charge in [0.2, 0.25) is 0 Å². The van der Waals surface area contributed by atoms with E-state index in [1.807, 2.05) is 80.2 Å². The average Bonchev–Trinajstić information content (AvgIpc) is 1.56. The molecule has 7 nitrogen and oxygen atoms in total. The first-order valence-corrected chi connectivity index (χ1v) is 44.8. The second kappa shape index (κ2) is 24.5. The molecule has 93 heavy (non-hydrogen) atoms. The van der Waals surface area contributed by atoms with Crippen LogP contribution in [-0.4, -0.2) is 38.3 Å². The number of anilines is 3. The number of carboxylic acids is 2. The predicted molar refractivity (Wildman–Crippen MR) is 411 cm³/mol. The van der Waals surface area contributed by atoms with Gasteiger partial charge in [-0.3, -0.25) is 0 Å². The zero-order chi connectivity index (χ0) is 64.2. The van der Waals surface area contributed by atoms with E-state index in [1.165, 1.54) is 166 Å². The maximum Gasteiger partial charge on any atom is 0.346 e. The molecule has 12 heterocycles. The number of carboxylic acid groups (broad SMARTS) is 2. The molecule has 1 atom stereocenters. The van der Waals surface area contributed by atoms with Gasteiger partial charge in [0, 0.05) is 114 Å². The van der Waals surface area contributed by atoms with Crippen molar-refractivity contribution in [3.8, 4) is 91.5 Å². The van der Waals surface area contributed by atoms with E-state index < -0.39 is 28.1 Å². The summed E-state index contributed by atoms with van der Waals surface area (Å²) in [5.74, 6) is -1.72. The van der Waals surface area contributed by atoms with Gasteiger partial charge < -0.3 is 15.1 Å². The summed E-state index contributed by atoms with van der Waals surface area (Å²) in [4.78, 5) is 45.3. The van der Waals surface area contributed by atoms with Gasteiger partial charge in [-0.2, -0.15) is 10.5 Å². The van der Waals surface area contributed by atoms with Crippen LogP contribution in [0.5, 0.6) is 0 Å². The van der Waals surface area contributed by atoms with Gasteiger partial charge in [0.25, 0.3) is 0 Å². The fourth-order valence-electron chi connectivity index (χ4n) is 12.8. The van der Waals surface area contributed by atoms with Crippen LogP contribution in [-0.2, 0) is 16.0 Å². The van der Waals surface area contributed by atoms with Gasteiger partial charge in [-0.25, -0.2) is 9.59 Å². The maximum atomic E-state index is 11.5. The van der Waals surface area contributed by atoms with Crippen molar-refractivity contribution in [2.45, 2.75) is 72.1 Å². The van der Waals surface area contributed by atoms with Gasteiger partial charge in [-0.15, -0.1) is 113 Å². The highest BCUT2D eigenvalue weighted by Crippen LogP contribution is 2.51. The van der Waals surface area contributed by atoms with Crippen LogP contribution in [0.4, 0.5) is 17.1 Å². The van der Waals surface area contributed by atoms with Crippen molar-refractivity contribution in [2.24, 2.45) is 5.92 Å². The minimum Gasteiger partial charge on any atom is -0.477 e. The van der Waals surface area contributed by atoms with Crippen LogP contribution in [0.1, 0.15) is 54.8 Å². The Kier molecular flexibility index (Phi) is 16.3. The molecule has 13 aromatic rings. The number of benzene rings is 3. The quantitative estimate of drug-likeness (QED) is 0.0469. The fourth-order valence-corrected chi connectivity index (χ4v) is 34.3. The number of hydrogen-bond acceptors (Lipinski definition) is 15. The summed E-state index contributed by atoms with van der Waals surface area (Å²) in [6.07, 6.45) is 8.99. The lowest BCUT2D eigenvalue weighted by atomic mass is 9.92. The van der Waals surface area contributed by atoms with Crippen LogP contribution < -0.4 is 25.6 Å². The van der Waals surface area contributed by atoms with Crippen molar-refractivity contribution >= 4 is 210 Å². The van der Waals surface area contributed by atoms with Gasteiger partial charge in [0.15, 0.2) is 0 Å². The lowest BCUT2D eigenvalue weighted by Gasteiger charge is -2.26. The highest BCUT2D eigenvalue weighted by atomic mass is 32.1. The largest absolute Gasteiger partial charge is 0.477 e. The standard InChI is InChI=1S/C74H57N3O4S10Si2/c1-7-9-10-40(8-2)27-41-11-17-46(18-12-41)77(47-19-13-42(14-20-47)51-23-25-53(84-51)61-34-65-69(88-61)71-67(92(65,3)4)36-63(90-71)59-32-57-55(86-59)30-49(82-57)28-44(38-75)73(78)79)48-21-15-43(16-22-48)52-24-26-54(85-52)62-35-66-70(89-62)72-68(93(66,5)6)37-64(91-72)60-33-58-56(87-60)31-50(83-58)29-45(39-76)74(80)81/h11-26,28-37,40H,7-10,27H2,1-6H3,(H,78,79)(H,80,81)/b44-28+,45-29+. The molecule has 0 aliphatic carbocycles. The number of carbonyl (C=O) groups is 2. The Hall–Kier alpha value is -7.19. The Morgan fingerprint density at radius 3 is 1.16 bits per heavy atom. The van der Waals surface area contributed by atoms with Crippen molar-refractivity contribution in [3.05, 3.63) is 172 Å². The second-order valence-corrected chi connectivity index (χ2v) is 44.1. The minimum absolute atomic E-state index is 0.255. The van der Waals surface area contributed by atoms with Gasteiger partial charge in [0.1, 0.15) is 39.4 Å². The first-order valence-electron chi connectivity index (χ1n) is 30.6. The van der Waals surface area contributed by atoms with E-state index in [1.54, 1.807) is 34.8 Å². The number of hydrogen-bond donors (Lipinski definition) is 2. The molecule has 0 radical (unpaired) electrons.